The van der Waals surface area contributed by atoms with Gasteiger partial charge in [-0.3, -0.25) is 9.59 Å². The van der Waals surface area contributed by atoms with Crippen LogP contribution in [0.2, 0.25) is 0 Å². The van der Waals surface area contributed by atoms with E-state index in [0.29, 0.717) is 49.1 Å². The third-order valence-corrected chi connectivity index (χ3v) is 6.06. The fourth-order valence-electron chi connectivity index (χ4n) is 4.18. The molecule has 2 amide bonds. The Morgan fingerprint density at radius 1 is 0.838 bits per heavy atom. The molecule has 0 radical (unpaired) electrons. The van der Waals surface area contributed by atoms with Crippen LogP contribution in [0, 0.1) is 0 Å². The van der Waals surface area contributed by atoms with E-state index in [4.69, 9.17) is 9.47 Å². The lowest BCUT2D eigenvalue weighted by molar-refractivity contribution is -0.126. The minimum absolute atomic E-state index is 0.0301. The minimum Gasteiger partial charge on any atom is -0.494 e. The predicted molar refractivity (Wildman–Crippen MR) is 147 cm³/mol. The maximum atomic E-state index is 12.9. The maximum absolute atomic E-state index is 12.9. The molecule has 0 aliphatic carbocycles. The molecule has 1 aliphatic rings. The summed E-state index contributed by atoms with van der Waals surface area (Å²) in [6, 6.07) is 22.8. The predicted octanol–water partition coefficient (Wildman–Crippen LogP) is 5.10. The number of rotatable bonds is 9. The average molecular weight is 500 g/mol. The number of carbonyl (C=O) groups is 2. The molecule has 7 heteroatoms. The standard InChI is InChI=1S/C30H33N3O4/c1-3-36-27-20-24(21-28(22-27)37-4-2)30(35)31-25-11-13-26(14-12-25)32-16-18-33(19-17-32)29(34)15-10-23-8-6-5-7-9-23/h5-15,20-22H,3-4,16-19H2,1-2H3,(H,31,35)/b15-10+. The van der Waals surface area contributed by atoms with Crippen molar-refractivity contribution < 1.29 is 19.1 Å². The van der Waals surface area contributed by atoms with Gasteiger partial charge >= 0.3 is 0 Å². The minimum atomic E-state index is -0.231. The number of nitrogens with one attached hydrogen (secondary N) is 1. The van der Waals surface area contributed by atoms with Crippen molar-refractivity contribution in [1.82, 2.24) is 4.90 Å². The number of carbonyl (C=O) groups excluding carboxylic acids is 2. The third-order valence-electron chi connectivity index (χ3n) is 6.06. The highest BCUT2D eigenvalue weighted by Gasteiger charge is 2.20. The monoisotopic (exact) mass is 499 g/mol. The Morgan fingerprint density at radius 2 is 1.46 bits per heavy atom. The quantitative estimate of drug-likeness (QED) is 0.415. The molecule has 3 aromatic carbocycles. The van der Waals surface area contributed by atoms with Crippen LogP contribution in [-0.4, -0.2) is 56.1 Å². The summed E-state index contributed by atoms with van der Waals surface area (Å²) in [6.07, 6.45) is 3.50. The van der Waals surface area contributed by atoms with Crippen molar-refractivity contribution in [3.8, 4) is 11.5 Å². The summed E-state index contributed by atoms with van der Waals surface area (Å²) in [5.74, 6) is 0.998. The first-order valence-corrected chi connectivity index (χ1v) is 12.6. The van der Waals surface area contributed by atoms with E-state index in [1.807, 2.05) is 79.4 Å². The van der Waals surface area contributed by atoms with Crippen molar-refractivity contribution in [2.45, 2.75) is 13.8 Å². The second-order valence-electron chi connectivity index (χ2n) is 8.62. The van der Waals surface area contributed by atoms with E-state index in [9.17, 15) is 9.59 Å². The molecule has 37 heavy (non-hydrogen) atoms. The lowest BCUT2D eigenvalue weighted by Gasteiger charge is -2.35. The molecule has 192 valence electrons. The lowest BCUT2D eigenvalue weighted by Crippen LogP contribution is -2.48. The van der Waals surface area contributed by atoms with Crippen LogP contribution in [-0.2, 0) is 4.79 Å². The second kappa shape index (κ2) is 12.6. The van der Waals surface area contributed by atoms with Crippen molar-refractivity contribution in [3.05, 3.63) is 90.0 Å². The van der Waals surface area contributed by atoms with Crippen molar-refractivity contribution in [2.24, 2.45) is 0 Å². The van der Waals surface area contributed by atoms with Crippen molar-refractivity contribution >= 4 is 29.3 Å². The topological polar surface area (TPSA) is 71.1 Å². The molecular formula is C30H33N3O4. The Kier molecular flexibility index (Phi) is 8.81. The summed E-state index contributed by atoms with van der Waals surface area (Å²) in [5.41, 5.74) is 3.24. The number of nitrogens with zero attached hydrogens (tertiary/aromatic N) is 2. The van der Waals surface area contributed by atoms with Gasteiger partial charge in [0, 0.05) is 55.3 Å². The number of benzene rings is 3. The zero-order valence-electron chi connectivity index (χ0n) is 21.4. The van der Waals surface area contributed by atoms with Crippen LogP contribution < -0.4 is 19.7 Å². The van der Waals surface area contributed by atoms with Crippen LogP contribution in [0.1, 0.15) is 29.8 Å². The molecule has 1 fully saturated rings. The smallest absolute Gasteiger partial charge is 0.255 e. The van der Waals surface area contributed by atoms with E-state index >= 15 is 0 Å². The van der Waals surface area contributed by atoms with Gasteiger partial charge in [-0.25, -0.2) is 0 Å². The Hall–Kier alpha value is -4.26. The molecule has 7 nitrogen and oxygen atoms in total. The van der Waals surface area contributed by atoms with Crippen LogP contribution in [0.3, 0.4) is 0 Å². The Morgan fingerprint density at radius 3 is 2.05 bits per heavy atom. The van der Waals surface area contributed by atoms with Crippen molar-refractivity contribution in [2.75, 3.05) is 49.6 Å². The molecule has 1 saturated heterocycles. The molecule has 4 rings (SSSR count). The number of anilines is 2. The van der Waals surface area contributed by atoms with Crippen molar-refractivity contribution in [1.29, 1.82) is 0 Å². The molecule has 0 atom stereocenters. The van der Waals surface area contributed by atoms with Gasteiger partial charge in [0.15, 0.2) is 0 Å². The molecule has 0 bridgehead atoms. The average Bonchev–Trinajstić information content (AvgIpc) is 2.93. The molecule has 0 saturated carbocycles. The number of hydrogen-bond donors (Lipinski definition) is 1. The van der Waals surface area contributed by atoms with E-state index in [1.54, 1.807) is 24.3 Å². The van der Waals surface area contributed by atoms with Gasteiger partial charge in [-0.1, -0.05) is 30.3 Å². The molecular weight excluding hydrogens is 466 g/mol. The van der Waals surface area contributed by atoms with Gasteiger partial charge in [0.2, 0.25) is 5.91 Å². The van der Waals surface area contributed by atoms with E-state index < -0.39 is 0 Å². The number of ether oxygens (including phenoxy) is 2. The van der Waals surface area contributed by atoms with Gasteiger partial charge in [0.25, 0.3) is 5.91 Å². The van der Waals surface area contributed by atoms with Gasteiger partial charge in [-0.15, -0.1) is 0 Å². The summed E-state index contributed by atoms with van der Waals surface area (Å²) in [5, 5.41) is 2.95. The Labute approximate surface area is 218 Å². The molecule has 1 N–H and O–H groups in total. The number of hydrogen-bond acceptors (Lipinski definition) is 5. The van der Waals surface area contributed by atoms with E-state index in [0.717, 1.165) is 24.3 Å². The van der Waals surface area contributed by atoms with Gasteiger partial charge in [-0.2, -0.15) is 0 Å². The normalized spacial score (nSPS) is 13.5. The fourth-order valence-corrected chi connectivity index (χ4v) is 4.18. The Balaban J connectivity index is 1.32. The van der Waals surface area contributed by atoms with Gasteiger partial charge in [0.05, 0.1) is 13.2 Å². The SMILES string of the molecule is CCOc1cc(OCC)cc(C(=O)Nc2ccc(N3CCN(C(=O)/C=C/c4ccccc4)CC3)cc2)c1. The number of amides is 2. The Bertz CT molecular complexity index is 1190. The molecule has 0 spiro atoms. The van der Waals surface area contributed by atoms with Crippen LogP contribution in [0.15, 0.2) is 78.9 Å². The molecule has 0 unspecified atom stereocenters. The van der Waals surface area contributed by atoms with E-state index in [1.165, 1.54) is 0 Å². The first kappa shape index (κ1) is 25.8. The second-order valence-corrected chi connectivity index (χ2v) is 8.62. The van der Waals surface area contributed by atoms with Gasteiger partial charge in [0.1, 0.15) is 11.5 Å². The summed E-state index contributed by atoms with van der Waals surface area (Å²) in [7, 11) is 0. The van der Waals surface area contributed by atoms with Crippen LogP contribution >= 0.6 is 0 Å². The zero-order chi connectivity index (χ0) is 26.0. The zero-order valence-corrected chi connectivity index (χ0v) is 21.4. The molecule has 1 heterocycles. The molecule has 3 aromatic rings. The molecule has 0 aromatic heterocycles. The van der Waals surface area contributed by atoms with Crippen LogP contribution in [0.5, 0.6) is 11.5 Å². The van der Waals surface area contributed by atoms with Crippen LogP contribution in [0.4, 0.5) is 11.4 Å². The summed E-state index contributed by atoms with van der Waals surface area (Å²) >= 11 is 0. The maximum Gasteiger partial charge on any atom is 0.255 e. The van der Waals surface area contributed by atoms with E-state index in [-0.39, 0.29) is 11.8 Å². The summed E-state index contributed by atoms with van der Waals surface area (Å²) in [6.45, 7) is 7.63. The third kappa shape index (κ3) is 7.13. The van der Waals surface area contributed by atoms with Gasteiger partial charge in [-0.05, 0) is 61.9 Å². The highest BCUT2D eigenvalue weighted by Crippen LogP contribution is 2.25. The fraction of sp³-hybridized carbons (Fsp3) is 0.267. The molecule has 1 aliphatic heterocycles. The number of piperazine rings is 1. The van der Waals surface area contributed by atoms with Crippen LogP contribution in [0.25, 0.3) is 6.08 Å². The van der Waals surface area contributed by atoms with Gasteiger partial charge < -0.3 is 24.6 Å². The summed E-state index contributed by atoms with van der Waals surface area (Å²) in [4.78, 5) is 29.6. The first-order valence-electron chi connectivity index (χ1n) is 12.6. The largest absolute Gasteiger partial charge is 0.494 e. The highest BCUT2D eigenvalue weighted by molar-refractivity contribution is 6.04. The highest BCUT2D eigenvalue weighted by atomic mass is 16.5. The lowest BCUT2D eigenvalue weighted by atomic mass is 10.1. The van der Waals surface area contributed by atoms with Crippen molar-refractivity contribution in [3.63, 3.8) is 0 Å². The van der Waals surface area contributed by atoms with E-state index in [2.05, 4.69) is 10.2 Å². The summed E-state index contributed by atoms with van der Waals surface area (Å²) < 4.78 is 11.2. The first-order chi connectivity index (χ1) is 18.1.